The summed E-state index contributed by atoms with van der Waals surface area (Å²) in [7, 11) is 0. The molecule has 126 valence electrons. The van der Waals surface area contributed by atoms with Crippen LogP contribution >= 0.6 is 0 Å². The largest absolute Gasteiger partial charge is 0.484 e. The number of nitrogens with one attached hydrogen (secondary N) is 1. The fourth-order valence-corrected chi connectivity index (χ4v) is 1.97. The van der Waals surface area contributed by atoms with Crippen molar-refractivity contribution in [2.24, 2.45) is 5.10 Å². The third-order valence-electron chi connectivity index (χ3n) is 3.52. The Kier molecular flexibility index (Phi) is 5.63. The first-order valence-electron chi connectivity index (χ1n) is 7.35. The van der Waals surface area contributed by atoms with Gasteiger partial charge in [0.05, 0.1) is 5.71 Å². The summed E-state index contributed by atoms with van der Waals surface area (Å²) >= 11 is 0. The molecular formula is C18H18F2N2O2. The van der Waals surface area contributed by atoms with E-state index in [2.05, 4.69) is 10.5 Å². The third-order valence-corrected chi connectivity index (χ3v) is 3.52. The van der Waals surface area contributed by atoms with E-state index in [-0.39, 0.29) is 17.9 Å². The van der Waals surface area contributed by atoms with E-state index in [9.17, 15) is 13.6 Å². The maximum atomic E-state index is 13.6. The summed E-state index contributed by atoms with van der Waals surface area (Å²) in [6, 6.07) is 8.67. The van der Waals surface area contributed by atoms with Gasteiger partial charge in [0, 0.05) is 11.6 Å². The highest BCUT2D eigenvalue weighted by molar-refractivity contribution is 5.99. The third kappa shape index (κ3) is 4.62. The lowest BCUT2D eigenvalue weighted by atomic mass is 10.1. The number of hydrogen-bond donors (Lipinski definition) is 1. The van der Waals surface area contributed by atoms with Crippen molar-refractivity contribution in [1.82, 2.24) is 5.43 Å². The zero-order valence-electron chi connectivity index (χ0n) is 13.7. The minimum atomic E-state index is -0.739. The molecule has 0 unspecified atom stereocenters. The van der Waals surface area contributed by atoms with Crippen LogP contribution in [0.2, 0.25) is 0 Å². The fourth-order valence-electron chi connectivity index (χ4n) is 1.97. The van der Waals surface area contributed by atoms with E-state index in [1.54, 1.807) is 6.07 Å². The van der Waals surface area contributed by atoms with Crippen LogP contribution in [-0.4, -0.2) is 18.2 Å². The predicted octanol–water partition coefficient (Wildman–Crippen LogP) is 3.50. The lowest BCUT2D eigenvalue weighted by Crippen LogP contribution is -2.25. The summed E-state index contributed by atoms with van der Waals surface area (Å²) in [5, 5.41) is 3.80. The van der Waals surface area contributed by atoms with Crippen LogP contribution in [0.5, 0.6) is 5.75 Å². The molecule has 0 aromatic heterocycles. The zero-order valence-corrected chi connectivity index (χ0v) is 13.7. The highest BCUT2D eigenvalue weighted by Gasteiger charge is 2.08. The van der Waals surface area contributed by atoms with Crippen LogP contribution in [0.1, 0.15) is 23.6 Å². The zero-order chi connectivity index (χ0) is 17.7. The summed E-state index contributed by atoms with van der Waals surface area (Å²) in [6.45, 7) is 5.23. The molecule has 0 spiro atoms. The van der Waals surface area contributed by atoms with Gasteiger partial charge in [-0.05, 0) is 56.2 Å². The molecule has 0 radical (unpaired) electrons. The molecule has 0 aliphatic rings. The van der Waals surface area contributed by atoms with Gasteiger partial charge in [-0.2, -0.15) is 5.10 Å². The van der Waals surface area contributed by atoms with Crippen molar-refractivity contribution < 1.29 is 18.3 Å². The number of benzene rings is 2. The van der Waals surface area contributed by atoms with Crippen molar-refractivity contribution in [3.63, 3.8) is 0 Å². The Balaban J connectivity index is 1.93. The number of hydrazone groups is 1. The maximum Gasteiger partial charge on any atom is 0.277 e. The first-order chi connectivity index (χ1) is 11.4. The minimum absolute atomic E-state index is 0.117. The van der Waals surface area contributed by atoms with Gasteiger partial charge in [0.25, 0.3) is 5.91 Å². The van der Waals surface area contributed by atoms with Gasteiger partial charge in [-0.3, -0.25) is 4.79 Å². The molecule has 0 saturated heterocycles. The smallest absolute Gasteiger partial charge is 0.277 e. The number of nitrogens with zero attached hydrogens (tertiary/aromatic N) is 1. The highest BCUT2D eigenvalue weighted by Crippen LogP contribution is 2.16. The van der Waals surface area contributed by atoms with Crippen molar-refractivity contribution in [3.8, 4) is 5.75 Å². The van der Waals surface area contributed by atoms with Crippen LogP contribution in [0.15, 0.2) is 41.5 Å². The topological polar surface area (TPSA) is 50.7 Å². The molecule has 0 fully saturated rings. The van der Waals surface area contributed by atoms with E-state index in [0.717, 1.165) is 23.3 Å². The molecule has 0 saturated carbocycles. The second-order valence-corrected chi connectivity index (χ2v) is 5.39. The lowest BCUT2D eigenvalue weighted by Gasteiger charge is -2.08. The Hall–Kier alpha value is -2.76. The van der Waals surface area contributed by atoms with Gasteiger partial charge in [0.15, 0.2) is 6.61 Å². The Morgan fingerprint density at radius 2 is 1.88 bits per heavy atom. The summed E-state index contributed by atoms with van der Waals surface area (Å²) in [6.07, 6.45) is 0. The molecule has 24 heavy (non-hydrogen) atoms. The Morgan fingerprint density at radius 3 is 2.54 bits per heavy atom. The Labute approximate surface area is 139 Å². The van der Waals surface area contributed by atoms with Gasteiger partial charge in [0.1, 0.15) is 17.4 Å². The summed E-state index contributed by atoms with van der Waals surface area (Å²) < 4.78 is 31.9. The first kappa shape index (κ1) is 17.6. The van der Waals surface area contributed by atoms with Crippen LogP contribution < -0.4 is 10.2 Å². The summed E-state index contributed by atoms with van der Waals surface area (Å²) in [5.74, 6) is -1.31. The van der Waals surface area contributed by atoms with Crippen molar-refractivity contribution in [3.05, 3.63) is 64.7 Å². The Morgan fingerprint density at radius 1 is 1.12 bits per heavy atom. The van der Waals surface area contributed by atoms with Gasteiger partial charge in [0.2, 0.25) is 0 Å². The highest BCUT2D eigenvalue weighted by atomic mass is 19.1. The van der Waals surface area contributed by atoms with E-state index in [1.807, 2.05) is 26.0 Å². The quantitative estimate of drug-likeness (QED) is 0.673. The van der Waals surface area contributed by atoms with E-state index < -0.39 is 17.5 Å². The fraction of sp³-hybridized carbons (Fsp3) is 0.222. The number of carbonyl (C=O) groups excluding carboxylic acids is 1. The average Bonchev–Trinajstić information content (AvgIpc) is 2.53. The summed E-state index contributed by atoms with van der Waals surface area (Å²) in [4.78, 5) is 11.7. The normalized spacial score (nSPS) is 11.3. The number of ether oxygens (including phenoxy) is 1. The molecule has 6 heteroatoms. The SMILES string of the molecule is C/C(=N/NC(=O)COc1ccc(C)c(C)c1)c1ccc(F)cc1F. The lowest BCUT2D eigenvalue weighted by molar-refractivity contribution is -0.123. The number of hydrogen-bond acceptors (Lipinski definition) is 3. The second kappa shape index (κ2) is 7.68. The molecule has 2 aromatic carbocycles. The molecule has 1 amide bonds. The number of carbonyl (C=O) groups is 1. The molecule has 0 aliphatic carbocycles. The van der Waals surface area contributed by atoms with Crippen LogP contribution in [0.3, 0.4) is 0 Å². The molecule has 0 heterocycles. The van der Waals surface area contributed by atoms with Crippen molar-refractivity contribution >= 4 is 11.6 Å². The van der Waals surface area contributed by atoms with Gasteiger partial charge >= 0.3 is 0 Å². The second-order valence-electron chi connectivity index (χ2n) is 5.39. The molecule has 4 nitrogen and oxygen atoms in total. The standard InChI is InChI=1S/C18H18F2N2O2/c1-11-4-6-15(8-12(11)2)24-10-18(23)22-21-13(3)16-7-5-14(19)9-17(16)20/h4-9H,10H2,1-3H3,(H,22,23)/b21-13-. The van der Waals surface area contributed by atoms with E-state index in [0.29, 0.717) is 5.75 Å². The average molecular weight is 332 g/mol. The number of rotatable bonds is 5. The molecule has 0 atom stereocenters. The van der Waals surface area contributed by atoms with E-state index in [1.165, 1.54) is 13.0 Å². The van der Waals surface area contributed by atoms with Crippen LogP contribution in [-0.2, 0) is 4.79 Å². The van der Waals surface area contributed by atoms with Gasteiger partial charge in [-0.1, -0.05) is 6.07 Å². The van der Waals surface area contributed by atoms with E-state index >= 15 is 0 Å². The monoisotopic (exact) mass is 332 g/mol. The van der Waals surface area contributed by atoms with Crippen molar-refractivity contribution in [1.29, 1.82) is 0 Å². The van der Waals surface area contributed by atoms with Crippen LogP contribution in [0, 0.1) is 25.5 Å². The number of halogens is 2. The number of amides is 1. The van der Waals surface area contributed by atoms with Crippen molar-refractivity contribution in [2.45, 2.75) is 20.8 Å². The molecule has 1 N–H and O–H groups in total. The Bertz CT molecular complexity index is 789. The molecule has 2 rings (SSSR count). The predicted molar refractivity (Wildman–Crippen MR) is 88.1 cm³/mol. The number of aryl methyl sites for hydroxylation is 2. The van der Waals surface area contributed by atoms with Gasteiger partial charge < -0.3 is 4.74 Å². The van der Waals surface area contributed by atoms with Gasteiger partial charge in [-0.15, -0.1) is 0 Å². The van der Waals surface area contributed by atoms with Crippen molar-refractivity contribution in [2.75, 3.05) is 6.61 Å². The minimum Gasteiger partial charge on any atom is -0.484 e. The first-order valence-corrected chi connectivity index (χ1v) is 7.35. The molecular weight excluding hydrogens is 314 g/mol. The summed E-state index contributed by atoms with van der Waals surface area (Å²) in [5.41, 5.74) is 4.82. The van der Waals surface area contributed by atoms with Crippen LogP contribution in [0.4, 0.5) is 8.78 Å². The molecule has 2 aromatic rings. The van der Waals surface area contributed by atoms with Crippen LogP contribution in [0.25, 0.3) is 0 Å². The maximum absolute atomic E-state index is 13.6. The molecule has 0 aliphatic heterocycles. The molecule has 0 bridgehead atoms. The van der Waals surface area contributed by atoms with Gasteiger partial charge in [-0.25, -0.2) is 14.2 Å². The van der Waals surface area contributed by atoms with E-state index in [4.69, 9.17) is 4.74 Å².